The number of anilines is 2. The molecule has 1 aliphatic rings. The third-order valence-electron chi connectivity index (χ3n) is 5.37. The summed E-state index contributed by atoms with van der Waals surface area (Å²) in [4.78, 5) is 22.2. The number of para-hydroxylation sites is 1. The van der Waals surface area contributed by atoms with Crippen LogP contribution in [-0.2, 0) is 6.42 Å². The van der Waals surface area contributed by atoms with E-state index >= 15 is 0 Å². The topological polar surface area (TPSA) is 72.2 Å². The van der Waals surface area contributed by atoms with E-state index in [4.69, 9.17) is 4.98 Å². The molecule has 0 amide bonds. The summed E-state index contributed by atoms with van der Waals surface area (Å²) in [6.45, 7) is 0.672. The summed E-state index contributed by atoms with van der Waals surface area (Å²) in [5, 5.41) is 12.4. The number of fused-ring (bicyclic) bond motifs is 2. The first-order valence-corrected chi connectivity index (χ1v) is 11.0. The number of aromatic nitrogens is 2. The van der Waals surface area contributed by atoms with Gasteiger partial charge in [0.25, 0.3) is 5.69 Å². The molecule has 2 aromatic heterocycles. The van der Waals surface area contributed by atoms with Crippen molar-refractivity contribution in [2.24, 2.45) is 0 Å². The molecule has 1 aliphatic heterocycles. The molecule has 0 fully saturated rings. The number of hydrogen-bond acceptors (Lipinski definition) is 6. The Balaban J connectivity index is 1.35. The summed E-state index contributed by atoms with van der Waals surface area (Å²) >= 11 is 1.76. The Morgan fingerprint density at radius 3 is 2.84 bits per heavy atom. The van der Waals surface area contributed by atoms with E-state index in [0.29, 0.717) is 6.54 Å². The van der Waals surface area contributed by atoms with Gasteiger partial charge in [-0.2, -0.15) is 0 Å². The lowest BCUT2D eigenvalue weighted by atomic mass is 10.0. The van der Waals surface area contributed by atoms with Crippen molar-refractivity contribution in [3.63, 3.8) is 0 Å². The average Bonchev–Trinajstić information content (AvgIpc) is 3.21. The minimum absolute atomic E-state index is 0.0851. The Hall–Kier alpha value is -3.58. The highest BCUT2D eigenvalue weighted by Gasteiger charge is 2.22. The van der Waals surface area contributed by atoms with Gasteiger partial charge in [-0.1, -0.05) is 24.3 Å². The molecule has 0 aliphatic carbocycles. The quantitative estimate of drug-likeness (QED) is 0.272. The minimum Gasteiger partial charge on any atom is -0.322 e. The molecule has 3 heterocycles. The smallest absolute Gasteiger partial charge is 0.271 e. The fourth-order valence-electron chi connectivity index (χ4n) is 3.92. The van der Waals surface area contributed by atoms with Gasteiger partial charge in [-0.05, 0) is 55.2 Å². The molecule has 0 bridgehead atoms. The maximum atomic E-state index is 11.2. The molecule has 6 nitrogen and oxygen atoms in total. The number of non-ortho nitro benzene ring substituents is 1. The van der Waals surface area contributed by atoms with Crippen molar-refractivity contribution in [3.8, 4) is 0 Å². The van der Waals surface area contributed by atoms with Crippen molar-refractivity contribution in [1.29, 1.82) is 0 Å². The Morgan fingerprint density at radius 2 is 1.97 bits per heavy atom. The molecular formula is C24H20N4O2S. The molecule has 31 heavy (non-hydrogen) atoms. The van der Waals surface area contributed by atoms with E-state index in [2.05, 4.69) is 28.1 Å². The van der Waals surface area contributed by atoms with E-state index in [1.165, 1.54) is 16.3 Å². The number of nitro benzene ring substituents is 1. The molecule has 5 rings (SSSR count). The van der Waals surface area contributed by atoms with Gasteiger partial charge in [0.05, 0.1) is 20.1 Å². The first-order chi connectivity index (χ1) is 15.2. The normalized spacial score (nSPS) is 13.2. The van der Waals surface area contributed by atoms with E-state index in [0.717, 1.165) is 46.9 Å². The van der Waals surface area contributed by atoms with Gasteiger partial charge in [0.2, 0.25) is 0 Å². The molecule has 0 atom stereocenters. The van der Waals surface area contributed by atoms with Gasteiger partial charge in [-0.25, -0.2) is 9.97 Å². The van der Waals surface area contributed by atoms with E-state index in [1.807, 2.05) is 30.3 Å². The van der Waals surface area contributed by atoms with Crippen LogP contribution in [0.5, 0.6) is 0 Å². The first kappa shape index (κ1) is 19.4. The number of rotatable bonds is 6. The molecule has 0 N–H and O–H groups in total. The SMILES string of the molecule is O=[N+]([O-])c1cccc(N2CC(CCCc3nc4ccccc4s3)=Cc3cccnc32)c1. The summed E-state index contributed by atoms with van der Waals surface area (Å²) in [6.07, 6.45) is 6.84. The van der Waals surface area contributed by atoms with Crippen LogP contribution >= 0.6 is 11.3 Å². The molecule has 0 spiro atoms. The van der Waals surface area contributed by atoms with Gasteiger partial charge in [0.15, 0.2) is 0 Å². The third kappa shape index (κ3) is 4.04. The predicted octanol–water partition coefficient (Wildman–Crippen LogP) is 6.16. The van der Waals surface area contributed by atoms with Gasteiger partial charge in [-0.15, -0.1) is 11.3 Å². The van der Waals surface area contributed by atoms with Crippen LogP contribution in [-0.4, -0.2) is 21.4 Å². The number of aryl methyl sites for hydroxylation is 1. The highest BCUT2D eigenvalue weighted by atomic mass is 32.1. The standard InChI is InChI=1S/C24H20N4O2S/c29-28(30)20-9-4-8-19(15-20)27-16-17(14-18-7-5-13-25-24(18)27)6-3-12-23-26-21-10-1-2-11-22(21)31-23/h1-2,4-5,7-11,13-15H,3,6,12,16H2. The second kappa shape index (κ2) is 8.28. The number of nitrogens with zero attached hydrogens (tertiary/aromatic N) is 4. The number of thiazole rings is 1. The molecule has 7 heteroatoms. The summed E-state index contributed by atoms with van der Waals surface area (Å²) in [7, 11) is 0. The van der Waals surface area contributed by atoms with Gasteiger partial charge < -0.3 is 4.90 Å². The van der Waals surface area contributed by atoms with Crippen molar-refractivity contribution in [2.75, 3.05) is 11.4 Å². The van der Waals surface area contributed by atoms with E-state index in [9.17, 15) is 10.1 Å². The van der Waals surface area contributed by atoms with Crippen molar-refractivity contribution in [1.82, 2.24) is 9.97 Å². The van der Waals surface area contributed by atoms with E-state index in [1.54, 1.807) is 29.7 Å². The second-order valence-corrected chi connectivity index (χ2v) is 8.63. The number of nitro groups is 1. The molecule has 0 radical (unpaired) electrons. The zero-order chi connectivity index (χ0) is 21.2. The highest BCUT2D eigenvalue weighted by molar-refractivity contribution is 7.18. The van der Waals surface area contributed by atoms with E-state index < -0.39 is 0 Å². The Bertz CT molecular complexity index is 1260. The van der Waals surface area contributed by atoms with Crippen LogP contribution in [0.15, 0.2) is 72.4 Å². The molecule has 0 unspecified atom stereocenters. The highest BCUT2D eigenvalue weighted by Crippen LogP contribution is 2.35. The predicted molar refractivity (Wildman–Crippen MR) is 125 cm³/mol. The summed E-state index contributed by atoms with van der Waals surface area (Å²) in [6, 6.07) is 18.9. The molecule has 154 valence electrons. The molecule has 0 saturated heterocycles. The van der Waals surface area contributed by atoms with Crippen molar-refractivity contribution in [3.05, 3.63) is 93.1 Å². The molecule has 4 aromatic rings. The van der Waals surface area contributed by atoms with Crippen LogP contribution in [0.1, 0.15) is 23.4 Å². The van der Waals surface area contributed by atoms with Crippen LogP contribution < -0.4 is 4.90 Å². The van der Waals surface area contributed by atoms with Crippen LogP contribution in [0, 0.1) is 10.1 Å². The number of benzene rings is 2. The monoisotopic (exact) mass is 428 g/mol. The average molecular weight is 429 g/mol. The lowest BCUT2D eigenvalue weighted by molar-refractivity contribution is -0.384. The molecular weight excluding hydrogens is 408 g/mol. The van der Waals surface area contributed by atoms with Crippen LogP contribution in [0.4, 0.5) is 17.2 Å². The second-order valence-electron chi connectivity index (χ2n) is 7.51. The number of hydrogen-bond donors (Lipinski definition) is 0. The van der Waals surface area contributed by atoms with Gasteiger partial charge >= 0.3 is 0 Å². The van der Waals surface area contributed by atoms with Crippen molar-refractivity contribution in [2.45, 2.75) is 19.3 Å². The Labute approximate surface area is 183 Å². The van der Waals surface area contributed by atoms with Crippen molar-refractivity contribution >= 4 is 44.8 Å². The van der Waals surface area contributed by atoms with Crippen LogP contribution in [0.25, 0.3) is 16.3 Å². The third-order valence-corrected chi connectivity index (χ3v) is 6.47. The fourth-order valence-corrected chi connectivity index (χ4v) is 4.93. The largest absolute Gasteiger partial charge is 0.322 e. The summed E-state index contributed by atoms with van der Waals surface area (Å²) < 4.78 is 1.23. The van der Waals surface area contributed by atoms with Crippen LogP contribution in [0.3, 0.4) is 0 Å². The lowest BCUT2D eigenvalue weighted by Gasteiger charge is -2.30. The van der Waals surface area contributed by atoms with Gasteiger partial charge in [0.1, 0.15) is 5.82 Å². The van der Waals surface area contributed by atoms with Crippen LogP contribution in [0.2, 0.25) is 0 Å². The number of pyridine rings is 1. The maximum Gasteiger partial charge on any atom is 0.271 e. The first-order valence-electron chi connectivity index (χ1n) is 10.2. The van der Waals surface area contributed by atoms with Crippen molar-refractivity contribution < 1.29 is 4.92 Å². The minimum atomic E-state index is -0.360. The van der Waals surface area contributed by atoms with Gasteiger partial charge in [-0.3, -0.25) is 10.1 Å². The maximum absolute atomic E-state index is 11.2. The molecule has 0 saturated carbocycles. The zero-order valence-corrected chi connectivity index (χ0v) is 17.6. The van der Waals surface area contributed by atoms with E-state index in [-0.39, 0.29) is 10.6 Å². The Kier molecular flexibility index (Phi) is 5.18. The summed E-state index contributed by atoms with van der Waals surface area (Å²) in [5.41, 5.74) is 4.26. The molecule has 2 aromatic carbocycles. The zero-order valence-electron chi connectivity index (χ0n) is 16.8. The fraction of sp³-hybridized carbons (Fsp3) is 0.167. The lowest BCUT2D eigenvalue weighted by Crippen LogP contribution is -2.25. The van der Waals surface area contributed by atoms with Gasteiger partial charge in [0, 0.05) is 36.1 Å². The summed E-state index contributed by atoms with van der Waals surface area (Å²) in [5.74, 6) is 0.831. The Morgan fingerprint density at radius 1 is 1.06 bits per heavy atom.